The number of hydrogen-bond acceptors (Lipinski definition) is 5. The molecule has 13 heavy (non-hydrogen) atoms. The van der Waals surface area contributed by atoms with Crippen LogP contribution in [0, 0.1) is 5.92 Å². The fourth-order valence-electron chi connectivity index (χ4n) is 0.620. The number of aliphatic hydroxyl groups is 5. The molecule has 0 aliphatic carbocycles. The molecule has 82 valence electrons. The van der Waals surface area contributed by atoms with Gasteiger partial charge >= 0.3 is 0 Å². The summed E-state index contributed by atoms with van der Waals surface area (Å²) in [5.41, 5.74) is 0. The van der Waals surface area contributed by atoms with Crippen molar-refractivity contribution in [2.45, 2.75) is 12.8 Å². The second-order valence-corrected chi connectivity index (χ2v) is 2.54. The van der Waals surface area contributed by atoms with Gasteiger partial charge in [-0.3, -0.25) is 0 Å². The summed E-state index contributed by atoms with van der Waals surface area (Å²) < 4.78 is 0. The van der Waals surface area contributed by atoms with Gasteiger partial charge < -0.3 is 25.5 Å². The standard InChI is InChI=1S/C6H14O3.C2H6O2/c7-3-1-2-6(4-8)5-9;3-1-2-4/h6-9H,1-5H2;3-4H,1-2H2. The fraction of sp³-hybridized carbons (Fsp3) is 1.00. The molecule has 0 heterocycles. The van der Waals surface area contributed by atoms with Crippen LogP contribution < -0.4 is 0 Å². The van der Waals surface area contributed by atoms with Gasteiger partial charge in [0.1, 0.15) is 0 Å². The summed E-state index contributed by atoms with van der Waals surface area (Å²) in [5, 5.41) is 40.6. The van der Waals surface area contributed by atoms with Crippen LogP contribution in [0.4, 0.5) is 0 Å². The lowest BCUT2D eigenvalue weighted by atomic mass is 10.1. The summed E-state index contributed by atoms with van der Waals surface area (Å²) in [6.07, 6.45) is 1.36. The molecule has 0 bridgehead atoms. The van der Waals surface area contributed by atoms with E-state index in [9.17, 15) is 0 Å². The molecule has 5 N–H and O–H groups in total. The van der Waals surface area contributed by atoms with E-state index in [1.807, 2.05) is 0 Å². The molecular weight excluding hydrogens is 176 g/mol. The molecule has 0 aromatic rings. The molecule has 0 saturated heterocycles. The Morgan fingerprint density at radius 3 is 1.38 bits per heavy atom. The van der Waals surface area contributed by atoms with E-state index >= 15 is 0 Å². The molecule has 0 aliphatic rings. The van der Waals surface area contributed by atoms with Crippen molar-refractivity contribution < 1.29 is 25.5 Å². The maximum atomic E-state index is 8.51. The van der Waals surface area contributed by atoms with Crippen molar-refractivity contribution in [3.8, 4) is 0 Å². The van der Waals surface area contributed by atoms with Gasteiger partial charge in [0.05, 0.1) is 13.2 Å². The quantitative estimate of drug-likeness (QED) is 0.350. The predicted molar refractivity (Wildman–Crippen MR) is 48.2 cm³/mol. The number of rotatable bonds is 6. The van der Waals surface area contributed by atoms with Crippen LogP contribution in [0.3, 0.4) is 0 Å². The van der Waals surface area contributed by atoms with Crippen molar-refractivity contribution in [1.29, 1.82) is 0 Å². The monoisotopic (exact) mass is 196 g/mol. The summed E-state index contributed by atoms with van der Waals surface area (Å²) in [4.78, 5) is 0. The van der Waals surface area contributed by atoms with Crippen LogP contribution in [0.5, 0.6) is 0 Å². The van der Waals surface area contributed by atoms with Gasteiger partial charge in [-0.05, 0) is 12.8 Å². The van der Waals surface area contributed by atoms with Crippen LogP contribution in [-0.2, 0) is 0 Å². The van der Waals surface area contributed by atoms with Crippen molar-refractivity contribution in [1.82, 2.24) is 0 Å². The van der Waals surface area contributed by atoms with Crippen LogP contribution >= 0.6 is 0 Å². The first-order valence-electron chi connectivity index (χ1n) is 4.31. The Morgan fingerprint density at radius 1 is 0.692 bits per heavy atom. The lowest BCUT2D eigenvalue weighted by Crippen LogP contribution is -2.11. The van der Waals surface area contributed by atoms with E-state index in [-0.39, 0.29) is 39.0 Å². The van der Waals surface area contributed by atoms with Crippen LogP contribution in [0.25, 0.3) is 0 Å². The van der Waals surface area contributed by atoms with E-state index < -0.39 is 0 Å². The third-order valence-electron chi connectivity index (χ3n) is 1.39. The summed E-state index contributed by atoms with van der Waals surface area (Å²) >= 11 is 0. The fourth-order valence-corrected chi connectivity index (χ4v) is 0.620. The zero-order chi connectivity index (χ0) is 10.5. The number of aliphatic hydroxyl groups excluding tert-OH is 5. The molecule has 0 rings (SSSR count). The second-order valence-electron chi connectivity index (χ2n) is 2.54. The second kappa shape index (κ2) is 14.3. The minimum absolute atomic E-state index is 0.0104. The number of hydrogen-bond donors (Lipinski definition) is 5. The highest BCUT2D eigenvalue weighted by Gasteiger charge is 2.03. The molecule has 0 unspecified atom stereocenters. The van der Waals surface area contributed by atoms with Crippen LogP contribution in [0.15, 0.2) is 0 Å². The highest BCUT2D eigenvalue weighted by molar-refractivity contribution is 4.53. The Kier molecular flexibility index (Phi) is 16.8. The van der Waals surface area contributed by atoms with Gasteiger partial charge in [0.15, 0.2) is 0 Å². The van der Waals surface area contributed by atoms with E-state index in [4.69, 9.17) is 25.5 Å². The highest BCUT2D eigenvalue weighted by Crippen LogP contribution is 2.02. The highest BCUT2D eigenvalue weighted by atomic mass is 16.3. The van der Waals surface area contributed by atoms with Gasteiger partial charge in [0, 0.05) is 25.7 Å². The maximum Gasteiger partial charge on any atom is 0.0662 e. The first-order chi connectivity index (χ1) is 6.26. The first-order valence-corrected chi connectivity index (χ1v) is 4.31. The van der Waals surface area contributed by atoms with Crippen molar-refractivity contribution >= 4 is 0 Å². The minimum atomic E-state index is -0.125. The van der Waals surface area contributed by atoms with Crippen LogP contribution in [0.2, 0.25) is 0 Å². The van der Waals surface area contributed by atoms with E-state index in [1.54, 1.807) is 0 Å². The Hall–Kier alpha value is -0.200. The van der Waals surface area contributed by atoms with Gasteiger partial charge in [0.2, 0.25) is 0 Å². The van der Waals surface area contributed by atoms with E-state index in [2.05, 4.69) is 0 Å². The zero-order valence-corrected chi connectivity index (χ0v) is 7.76. The van der Waals surface area contributed by atoms with Crippen molar-refractivity contribution in [2.75, 3.05) is 33.0 Å². The first kappa shape index (κ1) is 15.3. The molecule has 0 amide bonds. The van der Waals surface area contributed by atoms with Crippen LogP contribution in [-0.4, -0.2) is 58.6 Å². The molecule has 0 aromatic carbocycles. The van der Waals surface area contributed by atoms with E-state index in [1.165, 1.54) is 0 Å². The summed E-state index contributed by atoms with van der Waals surface area (Å²) in [6, 6.07) is 0. The van der Waals surface area contributed by atoms with Gasteiger partial charge in [-0.1, -0.05) is 0 Å². The molecule has 5 nitrogen and oxygen atoms in total. The molecule has 0 atom stereocenters. The lowest BCUT2D eigenvalue weighted by Gasteiger charge is -2.07. The van der Waals surface area contributed by atoms with Crippen molar-refractivity contribution in [2.24, 2.45) is 5.92 Å². The average Bonchev–Trinajstić information content (AvgIpc) is 2.20. The predicted octanol–water partition coefficient (Wildman–Crippen LogP) is -1.67. The molecule has 0 radical (unpaired) electrons. The smallest absolute Gasteiger partial charge is 0.0662 e. The molecule has 0 fully saturated rings. The van der Waals surface area contributed by atoms with Gasteiger partial charge in [-0.2, -0.15) is 0 Å². The molecule has 0 aromatic heterocycles. The third-order valence-corrected chi connectivity index (χ3v) is 1.39. The normalized spacial score (nSPS) is 9.69. The zero-order valence-electron chi connectivity index (χ0n) is 7.76. The van der Waals surface area contributed by atoms with Gasteiger partial charge in [-0.25, -0.2) is 0 Å². The Bertz CT molecular complexity index is 72.9. The summed E-state index contributed by atoms with van der Waals surface area (Å²) in [7, 11) is 0. The molecule has 0 saturated carbocycles. The van der Waals surface area contributed by atoms with Gasteiger partial charge in [0.25, 0.3) is 0 Å². The van der Waals surface area contributed by atoms with Crippen molar-refractivity contribution in [3.63, 3.8) is 0 Å². The third kappa shape index (κ3) is 14.6. The van der Waals surface area contributed by atoms with Gasteiger partial charge in [-0.15, -0.1) is 0 Å². The summed E-state index contributed by atoms with van der Waals surface area (Å²) in [5.74, 6) is -0.0443. The maximum absolute atomic E-state index is 8.51. The molecule has 0 aliphatic heterocycles. The molecule has 0 spiro atoms. The van der Waals surface area contributed by atoms with Crippen LogP contribution in [0.1, 0.15) is 12.8 Å². The van der Waals surface area contributed by atoms with Crippen molar-refractivity contribution in [3.05, 3.63) is 0 Å². The lowest BCUT2D eigenvalue weighted by molar-refractivity contribution is 0.136. The molecule has 5 heteroatoms. The van der Waals surface area contributed by atoms with E-state index in [0.29, 0.717) is 12.8 Å². The minimum Gasteiger partial charge on any atom is -0.396 e. The Morgan fingerprint density at radius 2 is 1.15 bits per heavy atom. The topological polar surface area (TPSA) is 101 Å². The summed E-state index contributed by atoms with van der Waals surface area (Å²) in [6.45, 7) is -0.0937. The molecular formula is C8H20O5. The average molecular weight is 196 g/mol. The Balaban J connectivity index is 0. The van der Waals surface area contributed by atoms with E-state index in [0.717, 1.165) is 0 Å². The SMILES string of the molecule is OCCCC(CO)CO.OCCO. The Labute approximate surface area is 78.3 Å². The largest absolute Gasteiger partial charge is 0.396 e.